The molecule has 1 aliphatic rings. The lowest BCUT2D eigenvalue weighted by molar-refractivity contribution is 0.0734. The summed E-state index contributed by atoms with van der Waals surface area (Å²) in [6.07, 6.45) is 3.51. The summed E-state index contributed by atoms with van der Waals surface area (Å²) in [5.74, 6) is 1.41. The first-order valence-electron chi connectivity index (χ1n) is 9.89. The van der Waals surface area contributed by atoms with Crippen molar-refractivity contribution in [1.29, 1.82) is 0 Å². The van der Waals surface area contributed by atoms with E-state index in [-0.39, 0.29) is 11.9 Å². The molecule has 0 aromatic heterocycles. The van der Waals surface area contributed by atoms with Crippen LogP contribution in [0.25, 0.3) is 0 Å². The van der Waals surface area contributed by atoms with E-state index < -0.39 is 10.0 Å². The molecule has 1 amide bonds. The van der Waals surface area contributed by atoms with E-state index in [0.717, 1.165) is 30.2 Å². The van der Waals surface area contributed by atoms with Crippen LogP contribution in [0.15, 0.2) is 42.5 Å². The molecule has 1 atom stereocenters. The zero-order chi connectivity index (χ0) is 21.7. The van der Waals surface area contributed by atoms with Crippen molar-refractivity contribution in [1.82, 2.24) is 9.62 Å². The van der Waals surface area contributed by atoms with Gasteiger partial charge in [-0.25, -0.2) is 13.1 Å². The number of carbonyl (C=O) groups excluding carboxylic acids is 1. The van der Waals surface area contributed by atoms with Crippen molar-refractivity contribution in [2.24, 2.45) is 0 Å². The fraction of sp³-hybridized carbons (Fsp3) is 0.409. The minimum atomic E-state index is -3.20. The van der Waals surface area contributed by atoms with Gasteiger partial charge in [-0.05, 0) is 49.1 Å². The van der Waals surface area contributed by atoms with Gasteiger partial charge in [0.05, 0.1) is 26.5 Å². The van der Waals surface area contributed by atoms with Crippen molar-refractivity contribution in [2.75, 3.05) is 33.6 Å². The van der Waals surface area contributed by atoms with Gasteiger partial charge in [0.25, 0.3) is 5.91 Å². The number of ether oxygens (including phenoxy) is 2. The molecule has 1 saturated heterocycles. The summed E-state index contributed by atoms with van der Waals surface area (Å²) in [7, 11) is 0.0350. The van der Waals surface area contributed by atoms with E-state index in [0.29, 0.717) is 36.6 Å². The topological polar surface area (TPSA) is 84.9 Å². The number of hydrogen-bond acceptors (Lipinski definition) is 5. The summed E-state index contributed by atoms with van der Waals surface area (Å²) < 4.78 is 35.6. The zero-order valence-electron chi connectivity index (χ0n) is 17.6. The predicted molar refractivity (Wildman–Crippen MR) is 116 cm³/mol. The van der Waals surface area contributed by atoms with E-state index in [1.54, 1.807) is 26.4 Å². The molecule has 162 valence electrons. The Morgan fingerprint density at radius 3 is 2.50 bits per heavy atom. The first-order chi connectivity index (χ1) is 14.3. The number of nitrogens with one attached hydrogen (secondary N) is 1. The number of nitrogens with zero attached hydrogens (tertiary/aromatic N) is 1. The molecule has 1 unspecified atom stereocenters. The van der Waals surface area contributed by atoms with Crippen LogP contribution in [0.3, 0.4) is 0 Å². The second-order valence-corrected chi connectivity index (χ2v) is 9.21. The lowest BCUT2D eigenvalue weighted by Gasteiger charge is -2.26. The maximum atomic E-state index is 13.2. The average Bonchev–Trinajstić information content (AvgIpc) is 3.22. The molecular weight excluding hydrogens is 404 g/mol. The van der Waals surface area contributed by atoms with Gasteiger partial charge in [0, 0.05) is 30.3 Å². The second kappa shape index (κ2) is 9.49. The number of rotatable bonds is 8. The van der Waals surface area contributed by atoms with Crippen molar-refractivity contribution in [3.05, 3.63) is 59.2 Å². The molecular formula is C22H28N2O5S. The molecule has 1 heterocycles. The van der Waals surface area contributed by atoms with E-state index in [9.17, 15) is 13.2 Å². The van der Waals surface area contributed by atoms with Crippen LogP contribution in [0.4, 0.5) is 0 Å². The molecule has 7 nitrogen and oxygen atoms in total. The highest BCUT2D eigenvalue weighted by atomic mass is 32.2. The Labute approximate surface area is 178 Å². The first kappa shape index (κ1) is 22.1. The van der Waals surface area contributed by atoms with E-state index in [1.165, 1.54) is 0 Å². The Bertz CT molecular complexity index is 989. The first-order valence-corrected chi connectivity index (χ1v) is 11.8. The van der Waals surface area contributed by atoms with Crippen molar-refractivity contribution in [3.63, 3.8) is 0 Å². The van der Waals surface area contributed by atoms with Gasteiger partial charge in [0.15, 0.2) is 0 Å². The van der Waals surface area contributed by atoms with Crippen molar-refractivity contribution >= 4 is 15.9 Å². The molecule has 1 fully saturated rings. The van der Waals surface area contributed by atoms with Gasteiger partial charge in [-0.2, -0.15) is 0 Å². The zero-order valence-corrected chi connectivity index (χ0v) is 18.4. The van der Waals surface area contributed by atoms with Crippen LogP contribution in [0.1, 0.15) is 40.4 Å². The highest BCUT2D eigenvalue weighted by Crippen LogP contribution is 2.39. The highest BCUT2D eigenvalue weighted by molar-refractivity contribution is 7.88. The summed E-state index contributed by atoms with van der Waals surface area (Å²) in [6, 6.07) is 13.0. The standard InChI is InChI=1S/C22H28N2O5S/c1-28-18-10-11-19(21(15-18)29-2)20-5-4-14-24(20)22(25)17-8-6-16(7-9-17)12-13-23-30(3,26)27/h6-11,15,20,23H,4-5,12-14H2,1-3H3. The van der Waals surface area contributed by atoms with Crippen molar-refractivity contribution < 1.29 is 22.7 Å². The number of sulfonamides is 1. The molecule has 0 radical (unpaired) electrons. The van der Waals surface area contributed by atoms with Crippen molar-refractivity contribution in [3.8, 4) is 11.5 Å². The Balaban J connectivity index is 1.73. The van der Waals surface area contributed by atoms with Crippen LogP contribution in [0.2, 0.25) is 0 Å². The van der Waals surface area contributed by atoms with Gasteiger partial charge in [0.2, 0.25) is 10.0 Å². The maximum absolute atomic E-state index is 13.2. The number of benzene rings is 2. The third-order valence-electron chi connectivity index (χ3n) is 5.29. The molecule has 0 aliphatic carbocycles. The predicted octanol–water partition coefficient (Wildman–Crippen LogP) is 2.77. The number of methoxy groups -OCH3 is 2. The number of amides is 1. The van der Waals surface area contributed by atoms with Crippen LogP contribution in [0, 0.1) is 0 Å². The second-order valence-electron chi connectivity index (χ2n) is 7.38. The van der Waals surface area contributed by atoms with Gasteiger partial charge in [0.1, 0.15) is 11.5 Å². The van der Waals surface area contributed by atoms with Gasteiger partial charge in [-0.3, -0.25) is 4.79 Å². The summed E-state index contributed by atoms with van der Waals surface area (Å²) in [4.78, 5) is 15.1. The minimum Gasteiger partial charge on any atom is -0.497 e. The van der Waals surface area contributed by atoms with Crippen LogP contribution in [-0.2, 0) is 16.4 Å². The van der Waals surface area contributed by atoms with Crippen LogP contribution < -0.4 is 14.2 Å². The largest absolute Gasteiger partial charge is 0.497 e. The Morgan fingerprint density at radius 2 is 1.87 bits per heavy atom. The summed E-state index contributed by atoms with van der Waals surface area (Å²) in [6.45, 7) is 1.02. The van der Waals surface area contributed by atoms with E-state index in [1.807, 2.05) is 35.2 Å². The quantitative estimate of drug-likeness (QED) is 0.693. The lowest BCUT2D eigenvalue weighted by Crippen LogP contribution is -2.30. The third kappa shape index (κ3) is 5.31. The number of hydrogen-bond donors (Lipinski definition) is 1. The molecule has 2 aromatic rings. The summed E-state index contributed by atoms with van der Waals surface area (Å²) >= 11 is 0. The average molecular weight is 433 g/mol. The van der Waals surface area contributed by atoms with Crippen LogP contribution in [0.5, 0.6) is 11.5 Å². The molecule has 3 rings (SSSR count). The van der Waals surface area contributed by atoms with Gasteiger partial charge in [-0.15, -0.1) is 0 Å². The normalized spacial score (nSPS) is 16.5. The molecule has 1 aliphatic heterocycles. The Morgan fingerprint density at radius 1 is 1.13 bits per heavy atom. The van der Waals surface area contributed by atoms with Gasteiger partial charge < -0.3 is 14.4 Å². The molecule has 0 spiro atoms. The van der Waals surface area contributed by atoms with Crippen LogP contribution in [-0.4, -0.2) is 52.8 Å². The molecule has 30 heavy (non-hydrogen) atoms. The molecule has 0 bridgehead atoms. The molecule has 8 heteroatoms. The van der Waals surface area contributed by atoms with E-state index in [2.05, 4.69) is 4.72 Å². The smallest absolute Gasteiger partial charge is 0.254 e. The van der Waals surface area contributed by atoms with E-state index >= 15 is 0 Å². The highest BCUT2D eigenvalue weighted by Gasteiger charge is 2.32. The number of likely N-dealkylation sites (tertiary alicyclic amines) is 1. The Hall–Kier alpha value is -2.58. The summed E-state index contributed by atoms with van der Waals surface area (Å²) in [5, 5.41) is 0. The number of carbonyl (C=O) groups is 1. The fourth-order valence-corrected chi connectivity index (χ4v) is 4.26. The van der Waals surface area contributed by atoms with Gasteiger partial charge in [-0.1, -0.05) is 12.1 Å². The molecule has 1 N–H and O–H groups in total. The SMILES string of the molecule is COc1ccc(C2CCCN2C(=O)c2ccc(CCNS(C)(=O)=O)cc2)c(OC)c1. The Kier molecular flexibility index (Phi) is 6.99. The monoisotopic (exact) mass is 432 g/mol. The lowest BCUT2D eigenvalue weighted by atomic mass is 10.0. The summed E-state index contributed by atoms with van der Waals surface area (Å²) in [5.41, 5.74) is 2.57. The van der Waals surface area contributed by atoms with Gasteiger partial charge >= 0.3 is 0 Å². The molecule has 2 aromatic carbocycles. The fourth-order valence-electron chi connectivity index (χ4n) is 3.79. The third-order valence-corrected chi connectivity index (χ3v) is 6.02. The minimum absolute atomic E-state index is 0.0174. The van der Waals surface area contributed by atoms with Crippen LogP contribution >= 0.6 is 0 Å². The maximum Gasteiger partial charge on any atom is 0.254 e. The molecule has 0 saturated carbocycles. The van der Waals surface area contributed by atoms with Crippen molar-refractivity contribution in [2.45, 2.75) is 25.3 Å². The van der Waals surface area contributed by atoms with E-state index in [4.69, 9.17) is 9.47 Å².